The number of nitrogens with zero attached hydrogens (tertiary/aromatic N) is 2. The number of rotatable bonds is 6. The lowest BCUT2D eigenvalue weighted by Crippen LogP contribution is -2.32. The molecule has 3 aromatic rings. The lowest BCUT2D eigenvalue weighted by Gasteiger charge is -2.17. The zero-order valence-electron chi connectivity index (χ0n) is 14.6. The fraction of sp³-hybridized carbons (Fsp3) is 0.263. The van der Waals surface area contributed by atoms with Crippen LogP contribution in [0.5, 0.6) is 5.75 Å². The average molecular weight is 375 g/mol. The highest BCUT2D eigenvalue weighted by atomic mass is 35.5. The Bertz CT molecular complexity index is 975. The summed E-state index contributed by atoms with van der Waals surface area (Å²) in [6.07, 6.45) is 0. The molecule has 6 nitrogen and oxygen atoms in total. The smallest absolute Gasteiger partial charge is 0.420 e. The van der Waals surface area contributed by atoms with Crippen molar-refractivity contribution in [2.75, 3.05) is 13.7 Å². The standard InChI is InChI=1S/C19H19ClN2O4/c1-3-25-15-7-4-13(5-8-15)11-21(2)18(23)12-22-16-9-6-14(20)10-17(16)26-19(22)24/h4-10H,3,11-12H2,1-2H3. The van der Waals surface area contributed by atoms with Crippen molar-refractivity contribution in [3.05, 3.63) is 63.6 Å². The van der Waals surface area contributed by atoms with Gasteiger partial charge >= 0.3 is 5.76 Å². The SMILES string of the molecule is CCOc1ccc(CN(C)C(=O)Cn2c(=O)oc3cc(Cl)ccc32)cc1. The first-order valence-electron chi connectivity index (χ1n) is 8.22. The van der Waals surface area contributed by atoms with E-state index in [-0.39, 0.29) is 12.5 Å². The number of benzene rings is 2. The van der Waals surface area contributed by atoms with Gasteiger partial charge in [0, 0.05) is 24.7 Å². The number of halogens is 1. The third-order valence-corrected chi connectivity index (χ3v) is 4.24. The van der Waals surface area contributed by atoms with Crippen molar-refractivity contribution < 1.29 is 13.9 Å². The Balaban J connectivity index is 1.71. The van der Waals surface area contributed by atoms with Crippen LogP contribution in [0.25, 0.3) is 11.1 Å². The molecule has 0 bridgehead atoms. The summed E-state index contributed by atoms with van der Waals surface area (Å²) < 4.78 is 11.9. The number of aromatic nitrogens is 1. The molecule has 2 aromatic carbocycles. The van der Waals surface area contributed by atoms with Gasteiger partial charge in [-0.2, -0.15) is 0 Å². The molecule has 0 atom stereocenters. The van der Waals surface area contributed by atoms with Gasteiger partial charge in [-0.15, -0.1) is 0 Å². The molecule has 0 radical (unpaired) electrons. The van der Waals surface area contributed by atoms with Crippen molar-refractivity contribution in [3.63, 3.8) is 0 Å². The molecule has 26 heavy (non-hydrogen) atoms. The molecule has 0 aliphatic rings. The maximum absolute atomic E-state index is 12.5. The molecule has 0 saturated heterocycles. The van der Waals surface area contributed by atoms with E-state index in [9.17, 15) is 9.59 Å². The minimum Gasteiger partial charge on any atom is -0.494 e. The third-order valence-electron chi connectivity index (χ3n) is 4.00. The summed E-state index contributed by atoms with van der Waals surface area (Å²) in [5, 5.41) is 0.470. The number of carbonyl (C=O) groups is 1. The van der Waals surface area contributed by atoms with Gasteiger partial charge in [0.1, 0.15) is 12.3 Å². The van der Waals surface area contributed by atoms with Crippen LogP contribution in [0.2, 0.25) is 5.02 Å². The largest absolute Gasteiger partial charge is 0.494 e. The molecule has 0 aliphatic carbocycles. The zero-order chi connectivity index (χ0) is 18.7. The van der Waals surface area contributed by atoms with E-state index < -0.39 is 5.76 Å². The third kappa shape index (κ3) is 3.91. The van der Waals surface area contributed by atoms with Crippen molar-refractivity contribution in [2.45, 2.75) is 20.0 Å². The van der Waals surface area contributed by atoms with Crippen LogP contribution in [0, 0.1) is 0 Å². The predicted octanol–water partition coefficient (Wildman–Crippen LogP) is 3.31. The van der Waals surface area contributed by atoms with Crippen molar-refractivity contribution in [1.82, 2.24) is 9.47 Å². The summed E-state index contributed by atoms with van der Waals surface area (Å²) in [6.45, 7) is 2.87. The molecule has 0 aliphatic heterocycles. The quantitative estimate of drug-likeness (QED) is 0.664. The van der Waals surface area contributed by atoms with E-state index in [0.29, 0.717) is 29.3 Å². The number of fused-ring (bicyclic) bond motifs is 1. The number of amides is 1. The number of hydrogen-bond acceptors (Lipinski definition) is 4. The average Bonchev–Trinajstić information content (AvgIpc) is 2.91. The van der Waals surface area contributed by atoms with E-state index >= 15 is 0 Å². The lowest BCUT2D eigenvalue weighted by molar-refractivity contribution is -0.131. The fourth-order valence-corrected chi connectivity index (χ4v) is 2.83. The number of ether oxygens (including phenoxy) is 1. The van der Waals surface area contributed by atoms with Crippen LogP contribution in [-0.2, 0) is 17.9 Å². The first kappa shape index (κ1) is 18.1. The van der Waals surface area contributed by atoms with Crippen molar-refractivity contribution in [2.24, 2.45) is 0 Å². The monoisotopic (exact) mass is 374 g/mol. The Morgan fingerprint density at radius 1 is 1.23 bits per heavy atom. The van der Waals surface area contributed by atoms with Gasteiger partial charge < -0.3 is 14.1 Å². The first-order valence-corrected chi connectivity index (χ1v) is 8.60. The molecule has 136 valence electrons. The van der Waals surface area contributed by atoms with E-state index in [1.54, 1.807) is 30.1 Å². The number of oxazole rings is 1. The summed E-state index contributed by atoms with van der Waals surface area (Å²) in [5.74, 6) is 0.0176. The van der Waals surface area contributed by atoms with Crippen LogP contribution >= 0.6 is 11.6 Å². The van der Waals surface area contributed by atoms with E-state index in [0.717, 1.165) is 11.3 Å². The molecule has 0 saturated carbocycles. The van der Waals surface area contributed by atoms with Crippen molar-refractivity contribution >= 4 is 28.6 Å². The maximum atomic E-state index is 12.5. The summed E-state index contributed by atoms with van der Waals surface area (Å²) in [6, 6.07) is 12.4. The van der Waals surface area contributed by atoms with Gasteiger partial charge in [0.15, 0.2) is 5.58 Å². The van der Waals surface area contributed by atoms with Crippen LogP contribution in [0.3, 0.4) is 0 Å². The summed E-state index contributed by atoms with van der Waals surface area (Å²) in [7, 11) is 1.70. The Hall–Kier alpha value is -2.73. The van der Waals surface area contributed by atoms with E-state index in [1.807, 2.05) is 31.2 Å². The second-order valence-corrected chi connectivity index (χ2v) is 6.33. The highest BCUT2D eigenvalue weighted by Crippen LogP contribution is 2.19. The minimum atomic E-state index is -0.579. The molecule has 1 aromatic heterocycles. The first-order chi connectivity index (χ1) is 12.5. The topological polar surface area (TPSA) is 64.7 Å². The van der Waals surface area contributed by atoms with Crippen LogP contribution in [-0.4, -0.2) is 29.0 Å². The van der Waals surface area contributed by atoms with E-state index in [4.69, 9.17) is 20.8 Å². The summed E-state index contributed by atoms with van der Waals surface area (Å²) in [5.41, 5.74) is 1.88. The van der Waals surface area contributed by atoms with Gasteiger partial charge in [-0.25, -0.2) is 4.79 Å². The van der Waals surface area contributed by atoms with Gasteiger partial charge in [-0.1, -0.05) is 23.7 Å². The second-order valence-electron chi connectivity index (χ2n) is 5.89. The molecule has 1 heterocycles. The molecular weight excluding hydrogens is 356 g/mol. The minimum absolute atomic E-state index is 0.0962. The molecule has 0 N–H and O–H groups in total. The molecule has 0 fully saturated rings. The number of carbonyl (C=O) groups excluding carboxylic acids is 1. The summed E-state index contributed by atoms with van der Waals surface area (Å²) >= 11 is 5.90. The molecule has 0 unspecified atom stereocenters. The Labute approximate surface area is 155 Å². The molecule has 1 amide bonds. The van der Waals surface area contributed by atoms with E-state index in [1.165, 1.54) is 4.57 Å². The summed E-state index contributed by atoms with van der Waals surface area (Å²) in [4.78, 5) is 26.1. The number of likely N-dealkylation sites (N-methyl/N-ethyl adjacent to an activating group) is 1. The highest BCUT2D eigenvalue weighted by molar-refractivity contribution is 6.31. The molecular formula is C19H19ClN2O4. The lowest BCUT2D eigenvalue weighted by atomic mass is 10.2. The van der Waals surface area contributed by atoms with Gasteiger partial charge in [0.2, 0.25) is 5.91 Å². The number of hydrogen-bond donors (Lipinski definition) is 0. The van der Waals surface area contributed by atoms with Crippen LogP contribution in [0.4, 0.5) is 0 Å². The highest BCUT2D eigenvalue weighted by Gasteiger charge is 2.16. The van der Waals surface area contributed by atoms with Crippen molar-refractivity contribution in [3.8, 4) is 5.75 Å². The molecule has 0 spiro atoms. The molecule has 7 heteroatoms. The van der Waals surface area contributed by atoms with Gasteiger partial charge in [-0.3, -0.25) is 9.36 Å². The van der Waals surface area contributed by atoms with Crippen molar-refractivity contribution in [1.29, 1.82) is 0 Å². The Morgan fingerprint density at radius 2 is 1.96 bits per heavy atom. The predicted molar refractivity (Wildman–Crippen MR) is 99.6 cm³/mol. The van der Waals surface area contributed by atoms with Gasteiger partial charge in [-0.05, 0) is 36.8 Å². The fourth-order valence-electron chi connectivity index (χ4n) is 2.67. The van der Waals surface area contributed by atoms with Gasteiger partial charge in [0.25, 0.3) is 0 Å². The Morgan fingerprint density at radius 3 is 2.65 bits per heavy atom. The van der Waals surface area contributed by atoms with Crippen LogP contribution in [0.1, 0.15) is 12.5 Å². The van der Waals surface area contributed by atoms with E-state index in [2.05, 4.69) is 0 Å². The second kappa shape index (κ2) is 7.66. The Kier molecular flexibility index (Phi) is 5.32. The van der Waals surface area contributed by atoms with Crippen LogP contribution < -0.4 is 10.5 Å². The maximum Gasteiger partial charge on any atom is 0.420 e. The normalized spacial score (nSPS) is 10.9. The van der Waals surface area contributed by atoms with Crippen LogP contribution in [0.15, 0.2) is 51.7 Å². The molecule has 3 rings (SSSR count). The van der Waals surface area contributed by atoms with Gasteiger partial charge in [0.05, 0.1) is 12.1 Å². The zero-order valence-corrected chi connectivity index (χ0v) is 15.3.